The van der Waals surface area contributed by atoms with E-state index in [0.717, 1.165) is 9.04 Å². The number of halogens is 3. The Balaban J connectivity index is 2.17. The first-order valence-electron chi connectivity index (χ1n) is 5.89. The lowest BCUT2D eigenvalue weighted by Gasteiger charge is -2.14. The maximum atomic E-state index is 12.7. The van der Waals surface area contributed by atoms with Gasteiger partial charge in [0.15, 0.2) is 5.82 Å². The van der Waals surface area contributed by atoms with Crippen LogP contribution in [0, 0.1) is 0 Å². The molecule has 108 valence electrons. The Morgan fingerprint density at radius 1 is 1.45 bits per heavy atom. The van der Waals surface area contributed by atoms with Crippen LogP contribution in [0.5, 0.6) is 5.75 Å². The molecule has 0 bridgehead atoms. The molecule has 0 radical (unpaired) electrons. The van der Waals surface area contributed by atoms with Crippen molar-refractivity contribution in [1.29, 1.82) is 0 Å². The summed E-state index contributed by atoms with van der Waals surface area (Å²) in [6, 6.07) is 5.14. The molecular weight excluding hydrogens is 334 g/mol. The van der Waals surface area contributed by atoms with Crippen molar-refractivity contribution in [3.63, 3.8) is 0 Å². The van der Waals surface area contributed by atoms with E-state index in [0.29, 0.717) is 11.3 Å². The third kappa shape index (κ3) is 3.34. The van der Waals surface area contributed by atoms with E-state index in [1.165, 1.54) is 12.4 Å². The molecule has 1 N–H and O–H groups in total. The van der Waals surface area contributed by atoms with E-state index in [1.807, 2.05) is 0 Å². The van der Waals surface area contributed by atoms with Crippen molar-refractivity contribution in [3.8, 4) is 5.75 Å². The van der Waals surface area contributed by atoms with E-state index in [-0.39, 0.29) is 12.4 Å². The summed E-state index contributed by atoms with van der Waals surface area (Å²) < 4.78 is 32.4. The van der Waals surface area contributed by atoms with Crippen molar-refractivity contribution < 1.29 is 18.6 Å². The van der Waals surface area contributed by atoms with Crippen LogP contribution in [0.1, 0.15) is 31.0 Å². The molecule has 1 aromatic carbocycles. The molecule has 1 heterocycles. The largest absolute Gasteiger partial charge is 0.485 e. The Kier molecular flexibility index (Phi) is 4.72. The molecule has 0 fully saturated rings. The summed E-state index contributed by atoms with van der Waals surface area (Å²) in [6.07, 6.45) is 1.76. The molecular formula is C13H13BrF2N2O2. The van der Waals surface area contributed by atoms with Crippen LogP contribution in [0.15, 0.2) is 35.1 Å². The predicted molar refractivity (Wildman–Crippen MR) is 72.6 cm³/mol. The maximum Gasteiger partial charge on any atom is 0.320 e. The van der Waals surface area contributed by atoms with Gasteiger partial charge in [-0.3, -0.25) is 4.57 Å². The number of aliphatic hydroxyl groups is 1. The van der Waals surface area contributed by atoms with Crippen molar-refractivity contribution in [2.24, 2.45) is 0 Å². The number of nitrogens with zero attached hydrogens (tertiary/aromatic N) is 2. The van der Waals surface area contributed by atoms with Gasteiger partial charge in [0.25, 0.3) is 0 Å². The molecule has 4 nitrogen and oxygen atoms in total. The minimum absolute atomic E-state index is 0.0985. The van der Waals surface area contributed by atoms with Gasteiger partial charge >= 0.3 is 6.55 Å². The Bertz CT molecular complexity index is 588. The van der Waals surface area contributed by atoms with Crippen molar-refractivity contribution in [3.05, 3.63) is 46.5 Å². The summed E-state index contributed by atoms with van der Waals surface area (Å²) in [4.78, 5) is 3.83. The van der Waals surface area contributed by atoms with Crippen LogP contribution in [0.4, 0.5) is 8.78 Å². The predicted octanol–water partition coefficient (Wildman–Crippen LogP) is 3.67. The Labute approximate surface area is 123 Å². The highest BCUT2D eigenvalue weighted by atomic mass is 79.9. The summed E-state index contributed by atoms with van der Waals surface area (Å²) >= 11 is 3.30. The molecule has 0 aliphatic rings. The van der Waals surface area contributed by atoms with Gasteiger partial charge < -0.3 is 9.84 Å². The highest BCUT2D eigenvalue weighted by Crippen LogP contribution is 2.29. The first-order chi connectivity index (χ1) is 9.49. The number of imidazole rings is 1. The van der Waals surface area contributed by atoms with Gasteiger partial charge in [0.05, 0.1) is 6.10 Å². The molecule has 2 rings (SSSR count). The third-order valence-corrected chi connectivity index (χ3v) is 3.23. The van der Waals surface area contributed by atoms with Crippen molar-refractivity contribution in [2.75, 3.05) is 0 Å². The van der Waals surface area contributed by atoms with Crippen LogP contribution < -0.4 is 4.74 Å². The molecule has 0 saturated heterocycles. The molecule has 0 saturated carbocycles. The molecule has 2 aromatic rings. The van der Waals surface area contributed by atoms with E-state index < -0.39 is 12.7 Å². The monoisotopic (exact) mass is 346 g/mol. The molecule has 0 aliphatic carbocycles. The van der Waals surface area contributed by atoms with Gasteiger partial charge in [-0.2, -0.15) is 8.78 Å². The smallest absolute Gasteiger partial charge is 0.320 e. The van der Waals surface area contributed by atoms with Crippen LogP contribution in [-0.2, 0) is 6.61 Å². The van der Waals surface area contributed by atoms with Gasteiger partial charge in [-0.1, -0.05) is 15.9 Å². The topological polar surface area (TPSA) is 47.3 Å². The average molecular weight is 347 g/mol. The van der Waals surface area contributed by atoms with Gasteiger partial charge in [0.2, 0.25) is 0 Å². The Morgan fingerprint density at radius 3 is 2.85 bits per heavy atom. The standard InChI is InChI=1S/C13H13BrF2N2O2/c1-8(19)10-6-9(14)2-3-11(10)20-7-12-17-4-5-18(12)13(15)16/h2-6,8,13,19H,7H2,1H3. The van der Waals surface area contributed by atoms with E-state index in [9.17, 15) is 13.9 Å². The highest BCUT2D eigenvalue weighted by molar-refractivity contribution is 9.10. The number of benzene rings is 1. The van der Waals surface area contributed by atoms with Gasteiger partial charge in [-0.25, -0.2) is 4.98 Å². The molecule has 7 heteroatoms. The number of aliphatic hydroxyl groups excluding tert-OH is 1. The van der Waals surface area contributed by atoms with Gasteiger partial charge in [0.1, 0.15) is 12.4 Å². The minimum Gasteiger partial charge on any atom is -0.485 e. The average Bonchev–Trinajstić information content (AvgIpc) is 2.85. The minimum atomic E-state index is -2.66. The highest BCUT2D eigenvalue weighted by Gasteiger charge is 2.14. The lowest BCUT2D eigenvalue weighted by atomic mass is 10.1. The Morgan fingerprint density at radius 2 is 2.20 bits per heavy atom. The molecule has 0 amide bonds. The number of hydrogen-bond donors (Lipinski definition) is 1. The van der Waals surface area contributed by atoms with Crippen LogP contribution >= 0.6 is 15.9 Å². The third-order valence-electron chi connectivity index (χ3n) is 2.74. The fraction of sp³-hybridized carbons (Fsp3) is 0.308. The number of hydrogen-bond acceptors (Lipinski definition) is 3. The molecule has 1 atom stereocenters. The summed E-state index contributed by atoms with van der Waals surface area (Å²) in [5.74, 6) is 0.562. The normalized spacial score (nSPS) is 12.7. The maximum absolute atomic E-state index is 12.7. The Hall–Kier alpha value is -1.47. The first kappa shape index (κ1) is 14.9. The van der Waals surface area contributed by atoms with Crippen LogP contribution in [-0.4, -0.2) is 14.7 Å². The second kappa shape index (κ2) is 6.32. The first-order valence-corrected chi connectivity index (χ1v) is 6.68. The van der Waals surface area contributed by atoms with E-state index in [2.05, 4.69) is 20.9 Å². The quantitative estimate of drug-likeness (QED) is 0.898. The van der Waals surface area contributed by atoms with E-state index in [1.54, 1.807) is 25.1 Å². The van der Waals surface area contributed by atoms with Crippen molar-refractivity contribution >= 4 is 15.9 Å². The van der Waals surface area contributed by atoms with Crippen molar-refractivity contribution in [2.45, 2.75) is 26.2 Å². The zero-order chi connectivity index (χ0) is 14.7. The van der Waals surface area contributed by atoms with Gasteiger partial charge in [0, 0.05) is 22.4 Å². The molecule has 20 heavy (non-hydrogen) atoms. The molecule has 0 spiro atoms. The summed E-state index contributed by atoms with van der Waals surface area (Å²) in [7, 11) is 0. The van der Waals surface area contributed by atoms with E-state index in [4.69, 9.17) is 4.74 Å². The number of rotatable bonds is 5. The van der Waals surface area contributed by atoms with Crippen molar-refractivity contribution in [1.82, 2.24) is 9.55 Å². The van der Waals surface area contributed by atoms with Crippen LogP contribution in [0.2, 0.25) is 0 Å². The van der Waals surface area contributed by atoms with Crippen LogP contribution in [0.25, 0.3) is 0 Å². The van der Waals surface area contributed by atoms with Gasteiger partial charge in [-0.15, -0.1) is 0 Å². The zero-order valence-corrected chi connectivity index (χ0v) is 12.2. The lowest BCUT2D eigenvalue weighted by Crippen LogP contribution is -2.08. The SMILES string of the molecule is CC(O)c1cc(Br)ccc1OCc1nccn1C(F)F. The summed E-state index contributed by atoms with van der Waals surface area (Å²) in [5, 5.41) is 9.69. The van der Waals surface area contributed by atoms with Crippen LogP contribution in [0.3, 0.4) is 0 Å². The second-order valence-corrected chi connectivity index (χ2v) is 5.09. The summed E-state index contributed by atoms with van der Waals surface area (Å²) in [6.45, 7) is -1.15. The zero-order valence-electron chi connectivity index (χ0n) is 10.6. The number of aromatic nitrogens is 2. The fourth-order valence-corrected chi connectivity index (χ4v) is 2.13. The van der Waals surface area contributed by atoms with E-state index >= 15 is 0 Å². The summed E-state index contributed by atoms with van der Waals surface area (Å²) in [5.41, 5.74) is 0.578. The number of ether oxygens (including phenoxy) is 1. The fourth-order valence-electron chi connectivity index (χ4n) is 1.75. The van der Waals surface area contributed by atoms with Gasteiger partial charge in [-0.05, 0) is 25.1 Å². The molecule has 0 aliphatic heterocycles. The lowest BCUT2D eigenvalue weighted by molar-refractivity contribution is 0.0630. The second-order valence-electron chi connectivity index (χ2n) is 4.18. The molecule has 1 unspecified atom stereocenters. The number of alkyl halides is 2. The molecule has 1 aromatic heterocycles.